The predicted molar refractivity (Wildman–Crippen MR) is 75.8 cm³/mol. The van der Waals surface area contributed by atoms with E-state index in [1.165, 1.54) is 4.90 Å². The van der Waals surface area contributed by atoms with Gasteiger partial charge in [0.25, 0.3) is 0 Å². The summed E-state index contributed by atoms with van der Waals surface area (Å²) >= 11 is 0. The average Bonchev–Trinajstić information content (AvgIpc) is 2.75. The van der Waals surface area contributed by atoms with Crippen molar-refractivity contribution in [1.82, 2.24) is 14.7 Å². The molecular formula is C14H23N3O4. The molecule has 0 radical (unpaired) electrons. The number of carboxylic acid groups (broad SMARTS) is 1. The fourth-order valence-electron chi connectivity index (χ4n) is 2.94. The van der Waals surface area contributed by atoms with Crippen LogP contribution in [0.25, 0.3) is 0 Å². The minimum atomic E-state index is -1.02. The van der Waals surface area contributed by atoms with Gasteiger partial charge in [-0.05, 0) is 27.2 Å². The van der Waals surface area contributed by atoms with E-state index < -0.39 is 11.5 Å². The second-order valence-electron chi connectivity index (χ2n) is 6.66. The van der Waals surface area contributed by atoms with Crippen LogP contribution in [0.2, 0.25) is 0 Å². The molecule has 1 atom stereocenters. The van der Waals surface area contributed by atoms with Crippen molar-refractivity contribution in [1.29, 1.82) is 0 Å². The van der Waals surface area contributed by atoms with E-state index in [2.05, 4.69) is 0 Å². The second kappa shape index (κ2) is 5.54. The molecule has 2 fully saturated rings. The van der Waals surface area contributed by atoms with Crippen LogP contribution < -0.4 is 0 Å². The molecule has 7 heteroatoms. The summed E-state index contributed by atoms with van der Waals surface area (Å²) in [5, 5.41) is 9.01. The molecule has 1 unspecified atom stereocenters. The number of hydrogen-bond acceptors (Lipinski definition) is 3. The number of amides is 3. The molecule has 0 saturated carbocycles. The summed E-state index contributed by atoms with van der Waals surface area (Å²) in [4.78, 5) is 40.2. The monoisotopic (exact) mass is 297 g/mol. The molecule has 0 aromatic carbocycles. The topological polar surface area (TPSA) is 81.2 Å². The van der Waals surface area contributed by atoms with E-state index in [0.717, 1.165) is 6.42 Å². The van der Waals surface area contributed by atoms with Gasteiger partial charge in [-0.3, -0.25) is 9.59 Å². The first-order chi connectivity index (χ1) is 9.70. The molecule has 0 aliphatic carbocycles. The van der Waals surface area contributed by atoms with Crippen molar-refractivity contribution in [2.24, 2.45) is 0 Å². The maximum atomic E-state index is 12.6. The van der Waals surface area contributed by atoms with Crippen LogP contribution in [0.3, 0.4) is 0 Å². The standard InChI is InChI=1S/C14H23N3O4/c1-14(2,3)17(9-12(19)20)13(21)15-6-7-16-10(8-15)4-5-11(16)18/h10H,4-9H2,1-3H3,(H,19,20). The van der Waals surface area contributed by atoms with Gasteiger partial charge < -0.3 is 19.8 Å². The predicted octanol–water partition coefficient (Wildman–Crippen LogP) is 0.598. The number of nitrogens with zero attached hydrogens (tertiary/aromatic N) is 3. The van der Waals surface area contributed by atoms with Gasteiger partial charge in [0.2, 0.25) is 5.91 Å². The lowest BCUT2D eigenvalue weighted by Crippen LogP contribution is -2.59. The third kappa shape index (κ3) is 3.28. The van der Waals surface area contributed by atoms with E-state index in [1.54, 1.807) is 4.90 Å². The van der Waals surface area contributed by atoms with Crippen molar-refractivity contribution in [3.8, 4) is 0 Å². The first-order valence-electron chi connectivity index (χ1n) is 7.28. The largest absolute Gasteiger partial charge is 0.480 e. The maximum Gasteiger partial charge on any atom is 0.323 e. The van der Waals surface area contributed by atoms with Crippen molar-refractivity contribution in [2.45, 2.75) is 45.2 Å². The third-order valence-corrected chi connectivity index (χ3v) is 4.10. The zero-order valence-corrected chi connectivity index (χ0v) is 12.8. The van der Waals surface area contributed by atoms with Crippen LogP contribution in [0.4, 0.5) is 4.79 Å². The van der Waals surface area contributed by atoms with Crippen molar-refractivity contribution >= 4 is 17.9 Å². The molecule has 21 heavy (non-hydrogen) atoms. The zero-order chi connectivity index (χ0) is 15.8. The summed E-state index contributed by atoms with van der Waals surface area (Å²) in [7, 11) is 0. The molecule has 2 rings (SSSR count). The van der Waals surface area contributed by atoms with Gasteiger partial charge in [0.15, 0.2) is 0 Å². The van der Waals surface area contributed by atoms with Crippen LogP contribution in [0.15, 0.2) is 0 Å². The first-order valence-corrected chi connectivity index (χ1v) is 7.28. The van der Waals surface area contributed by atoms with E-state index in [0.29, 0.717) is 26.1 Å². The maximum absolute atomic E-state index is 12.6. The van der Waals surface area contributed by atoms with Crippen LogP contribution in [0.5, 0.6) is 0 Å². The lowest BCUT2D eigenvalue weighted by Gasteiger charge is -2.43. The van der Waals surface area contributed by atoms with Crippen molar-refractivity contribution in [3.05, 3.63) is 0 Å². The van der Waals surface area contributed by atoms with Gasteiger partial charge in [0, 0.05) is 37.6 Å². The molecule has 0 bridgehead atoms. The Morgan fingerprint density at radius 1 is 1.33 bits per heavy atom. The number of carboxylic acids is 1. The molecule has 0 spiro atoms. The zero-order valence-electron chi connectivity index (χ0n) is 12.8. The fourth-order valence-corrected chi connectivity index (χ4v) is 2.94. The number of aliphatic carboxylic acids is 1. The number of carbonyl (C=O) groups excluding carboxylic acids is 2. The van der Waals surface area contributed by atoms with Gasteiger partial charge in [-0.2, -0.15) is 0 Å². The van der Waals surface area contributed by atoms with E-state index >= 15 is 0 Å². The summed E-state index contributed by atoms with van der Waals surface area (Å²) in [5.74, 6) is -0.863. The quantitative estimate of drug-likeness (QED) is 0.809. The summed E-state index contributed by atoms with van der Waals surface area (Å²) in [5.41, 5.74) is -0.557. The summed E-state index contributed by atoms with van der Waals surface area (Å²) < 4.78 is 0. The highest BCUT2D eigenvalue weighted by Gasteiger charge is 2.39. The fraction of sp³-hybridized carbons (Fsp3) is 0.786. The SMILES string of the molecule is CC(C)(C)N(CC(=O)O)C(=O)N1CCN2C(=O)CCC2C1. The number of piperazine rings is 1. The molecule has 7 nitrogen and oxygen atoms in total. The minimum absolute atomic E-state index is 0.0850. The number of carbonyl (C=O) groups is 3. The highest BCUT2D eigenvalue weighted by Crippen LogP contribution is 2.24. The molecule has 2 aliphatic rings. The molecule has 1 N–H and O–H groups in total. The highest BCUT2D eigenvalue weighted by molar-refractivity contribution is 5.82. The van der Waals surface area contributed by atoms with Gasteiger partial charge in [-0.25, -0.2) is 4.79 Å². The number of fused-ring (bicyclic) bond motifs is 1. The Bertz CT molecular complexity index is 458. The van der Waals surface area contributed by atoms with Gasteiger partial charge in [0.1, 0.15) is 6.54 Å². The summed E-state index contributed by atoms with van der Waals surface area (Å²) in [6.07, 6.45) is 1.32. The summed E-state index contributed by atoms with van der Waals surface area (Å²) in [6, 6.07) is -0.175. The number of urea groups is 1. The van der Waals surface area contributed by atoms with Crippen LogP contribution in [-0.4, -0.2) is 75.5 Å². The Balaban J connectivity index is 2.07. The van der Waals surface area contributed by atoms with E-state index in [9.17, 15) is 14.4 Å². The molecular weight excluding hydrogens is 274 g/mol. The molecule has 2 aliphatic heterocycles. The Kier molecular flexibility index (Phi) is 4.11. The minimum Gasteiger partial charge on any atom is -0.480 e. The first kappa shape index (κ1) is 15.6. The van der Waals surface area contributed by atoms with E-state index in [4.69, 9.17) is 5.11 Å². The second-order valence-corrected chi connectivity index (χ2v) is 6.66. The lowest BCUT2D eigenvalue weighted by atomic mass is 10.1. The third-order valence-electron chi connectivity index (χ3n) is 4.10. The molecule has 3 amide bonds. The molecule has 2 heterocycles. The van der Waals surface area contributed by atoms with Gasteiger partial charge in [0.05, 0.1) is 0 Å². The van der Waals surface area contributed by atoms with E-state index in [1.807, 2.05) is 25.7 Å². The highest BCUT2D eigenvalue weighted by atomic mass is 16.4. The molecule has 118 valence electrons. The lowest BCUT2D eigenvalue weighted by molar-refractivity contribution is -0.138. The van der Waals surface area contributed by atoms with Crippen LogP contribution in [0, 0.1) is 0 Å². The van der Waals surface area contributed by atoms with Crippen LogP contribution >= 0.6 is 0 Å². The van der Waals surface area contributed by atoms with Gasteiger partial charge in [-0.15, -0.1) is 0 Å². The Hall–Kier alpha value is -1.79. The Morgan fingerprint density at radius 2 is 2.00 bits per heavy atom. The number of hydrogen-bond donors (Lipinski definition) is 1. The number of rotatable bonds is 2. The summed E-state index contributed by atoms with van der Waals surface area (Å²) in [6.45, 7) is 6.66. The Morgan fingerprint density at radius 3 is 2.57 bits per heavy atom. The molecule has 2 saturated heterocycles. The van der Waals surface area contributed by atoms with E-state index in [-0.39, 0.29) is 24.5 Å². The van der Waals surface area contributed by atoms with Crippen molar-refractivity contribution < 1.29 is 19.5 Å². The average molecular weight is 297 g/mol. The van der Waals surface area contributed by atoms with Gasteiger partial charge >= 0.3 is 12.0 Å². The van der Waals surface area contributed by atoms with Crippen molar-refractivity contribution in [3.63, 3.8) is 0 Å². The normalized spacial score (nSPS) is 22.2. The molecule has 0 aromatic rings. The van der Waals surface area contributed by atoms with Crippen molar-refractivity contribution in [2.75, 3.05) is 26.2 Å². The van der Waals surface area contributed by atoms with Crippen LogP contribution in [-0.2, 0) is 9.59 Å². The molecule has 0 aromatic heterocycles. The Labute approximate surface area is 124 Å². The van der Waals surface area contributed by atoms with Crippen LogP contribution in [0.1, 0.15) is 33.6 Å². The van der Waals surface area contributed by atoms with Gasteiger partial charge in [-0.1, -0.05) is 0 Å². The smallest absolute Gasteiger partial charge is 0.323 e.